The Morgan fingerprint density at radius 3 is 2.83 bits per heavy atom. The molecule has 4 rings (SSSR count). The van der Waals surface area contributed by atoms with Crippen LogP contribution in [0.3, 0.4) is 0 Å². The number of carbonyl (C=O) groups is 1. The van der Waals surface area contributed by atoms with Crippen molar-refractivity contribution in [2.24, 2.45) is 5.10 Å². The van der Waals surface area contributed by atoms with Crippen LogP contribution >= 0.6 is 0 Å². The van der Waals surface area contributed by atoms with Crippen molar-refractivity contribution in [3.63, 3.8) is 0 Å². The highest BCUT2D eigenvalue weighted by molar-refractivity contribution is 5.82. The first-order chi connectivity index (χ1) is 14.5. The van der Waals surface area contributed by atoms with Gasteiger partial charge in [0.25, 0.3) is 5.69 Å². The van der Waals surface area contributed by atoms with E-state index < -0.39 is 4.92 Å². The summed E-state index contributed by atoms with van der Waals surface area (Å²) in [6, 6.07) is 13.2. The van der Waals surface area contributed by atoms with Crippen molar-refractivity contribution in [2.45, 2.75) is 13.3 Å². The first-order valence-electron chi connectivity index (χ1n) is 9.05. The number of nitro groups is 1. The summed E-state index contributed by atoms with van der Waals surface area (Å²) in [6.45, 7) is 2.02. The number of rotatable bonds is 6. The van der Waals surface area contributed by atoms with Crippen LogP contribution < -0.4 is 14.9 Å². The molecule has 0 unspecified atom stereocenters. The molecule has 2 heterocycles. The molecule has 0 bridgehead atoms. The molecule has 0 saturated carbocycles. The van der Waals surface area contributed by atoms with Gasteiger partial charge < -0.3 is 13.9 Å². The molecule has 2 aromatic carbocycles. The van der Waals surface area contributed by atoms with Crippen molar-refractivity contribution in [2.75, 3.05) is 6.79 Å². The molecule has 1 aliphatic heterocycles. The predicted molar refractivity (Wildman–Crippen MR) is 108 cm³/mol. The number of non-ortho nitro benzene ring substituents is 1. The number of benzene rings is 2. The number of nitrogens with one attached hydrogen (secondary N) is 1. The minimum Gasteiger partial charge on any atom is -0.455 e. The Balaban J connectivity index is 1.38. The van der Waals surface area contributed by atoms with Gasteiger partial charge in [-0.1, -0.05) is 12.1 Å². The maximum Gasteiger partial charge on any atom is 0.270 e. The molecule has 3 aromatic rings. The zero-order chi connectivity index (χ0) is 21.1. The summed E-state index contributed by atoms with van der Waals surface area (Å²) in [5, 5.41) is 14.9. The number of hydrogen-bond acceptors (Lipinski definition) is 7. The van der Waals surface area contributed by atoms with E-state index in [0.29, 0.717) is 28.6 Å². The van der Waals surface area contributed by atoms with Gasteiger partial charge in [-0.05, 0) is 42.3 Å². The van der Waals surface area contributed by atoms with Crippen LogP contribution in [0.2, 0.25) is 0 Å². The number of nitro benzene ring substituents is 1. The SMILES string of the molecule is Cc1ccc([N+](=O)[O-])cc1-c1ccc(/C=N\NC(=O)Cc2ccc3c(c2)OCO3)o1. The van der Waals surface area contributed by atoms with Crippen molar-refractivity contribution in [1.82, 2.24) is 5.43 Å². The van der Waals surface area contributed by atoms with Gasteiger partial charge in [0.2, 0.25) is 12.7 Å². The fourth-order valence-corrected chi connectivity index (χ4v) is 3.00. The van der Waals surface area contributed by atoms with E-state index in [4.69, 9.17) is 13.9 Å². The fourth-order valence-electron chi connectivity index (χ4n) is 3.00. The first kappa shape index (κ1) is 19.2. The average Bonchev–Trinajstić information content (AvgIpc) is 3.37. The van der Waals surface area contributed by atoms with E-state index in [1.807, 2.05) is 6.92 Å². The molecule has 0 radical (unpaired) electrons. The summed E-state index contributed by atoms with van der Waals surface area (Å²) < 4.78 is 16.2. The molecule has 0 fully saturated rings. The van der Waals surface area contributed by atoms with Crippen LogP contribution in [-0.4, -0.2) is 23.8 Å². The molecule has 1 aliphatic rings. The first-order valence-corrected chi connectivity index (χ1v) is 9.05. The zero-order valence-corrected chi connectivity index (χ0v) is 16.0. The van der Waals surface area contributed by atoms with Crippen LogP contribution in [0.5, 0.6) is 11.5 Å². The molecular formula is C21H17N3O6. The van der Waals surface area contributed by atoms with E-state index in [2.05, 4.69) is 10.5 Å². The minimum atomic E-state index is -0.454. The molecule has 1 amide bonds. The maximum atomic E-state index is 12.1. The van der Waals surface area contributed by atoms with Gasteiger partial charge >= 0.3 is 0 Å². The maximum absolute atomic E-state index is 12.1. The molecule has 152 valence electrons. The Hall–Kier alpha value is -4.14. The molecule has 9 heteroatoms. The second-order valence-electron chi connectivity index (χ2n) is 6.62. The topological polar surface area (TPSA) is 116 Å². The quantitative estimate of drug-likeness (QED) is 0.379. The summed E-state index contributed by atoms with van der Waals surface area (Å²) in [5.74, 6) is 1.85. The van der Waals surface area contributed by atoms with Crippen LogP contribution in [0.1, 0.15) is 16.9 Å². The molecular weight excluding hydrogens is 390 g/mol. The van der Waals surface area contributed by atoms with Crippen LogP contribution in [0, 0.1) is 17.0 Å². The van der Waals surface area contributed by atoms with Gasteiger partial charge in [-0.3, -0.25) is 14.9 Å². The fraction of sp³-hybridized carbons (Fsp3) is 0.143. The molecule has 1 N–H and O–H groups in total. The third kappa shape index (κ3) is 4.14. The largest absolute Gasteiger partial charge is 0.455 e. The van der Waals surface area contributed by atoms with Crippen molar-refractivity contribution in [3.8, 4) is 22.8 Å². The Morgan fingerprint density at radius 1 is 1.17 bits per heavy atom. The van der Waals surface area contributed by atoms with E-state index >= 15 is 0 Å². The lowest BCUT2D eigenvalue weighted by Gasteiger charge is -2.02. The normalized spacial score (nSPS) is 12.3. The third-order valence-electron chi connectivity index (χ3n) is 4.51. The molecule has 0 atom stereocenters. The summed E-state index contributed by atoms with van der Waals surface area (Å²) in [5.41, 5.74) is 4.66. The number of furan rings is 1. The van der Waals surface area contributed by atoms with Gasteiger partial charge in [-0.2, -0.15) is 5.10 Å². The number of hydrazone groups is 1. The van der Waals surface area contributed by atoms with E-state index in [-0.39, 0.29) is 24.8 Å². The van der Waals surface area contributed by atoms with Crippen LogP contribution in [0.25, 0.3) is 11.3 Å². The van der Waals surface area contributed by atoms with Crippen molar-refractivity contribution >= 4 is 17.8 Å². The van der Waals surface area contributed by atoms with Gasteiger partial charge in [0, 0.05) is 17.7 Å². The van der Waals surface area contributed by atoms with Gasteiger partial charge in [-0.15, -0.1) is 0 Å². The highest BCUT2D eigenvalue weighted by Gasteiger charge is 2.15. The second kappa shape index (κ2) is 8.08. The second-order valence-corrected chi connectivity index (χ2v) is 6.62. The Bertz CT molecular complexity index is 1150. The number of aryl methyl sites for hydroxylation is 1. The monoisotopic (exact) mass is 407 g/mol. The lowest BCUT2D eigenvalue weighted by molar-refractivity contribution is -0.384. The summed E-state index contributed by atoms with van der Waals surface area (Å²) in [6.07, 6.45) is 1.50. The molecule has 9 nitrogen and oxygen atoms in total. The minimum absolute atomic E-state index is 0.0157. The molecule has 0 spiro atoms. The van der Waals surface area contributed by atoms with Gasteiger partial charge in [0.1, 0.15) is 11.5 Å². The smallest absolute Gasteiger partial charge is 0.270 e. The number of fused-ring (bicyclic) bond motifs is 1. The third-order valence-corrected chi connectivity index (χ3v) is 4.51. The van der Waals surface area contributed by atoms with Crippen molar-refractivity contribution in [3.05, 3.63) is 75.5 Å². The lowest BCUT2D eigenvalue weighted by Crippen LogP contribution is -2.19. The predicted octanol–water partition coefficient (Wildman–Crippen LogP) is 3.58. The average molecular weight is 407 g/mol. The van der Waals surface area contributed by atoms with E-state index in [0.717, 1.165) is 11.1 Å². The van der Waals surface area contributed by atoms with Crippen molar-refractivity contribution in [1.29, 1.82) is 0 Å². The van der Waals surface area contributed by atoms with Gasteiger partial charge in [0.05, 0.1) is 17.6 Å². The molecule has 0 saturated heterocycles. The number of carbonyl (C=O) groups excluding carboxylic acids is 1. The summed E-state index contributed by atoms with van der Waals surface area (Å²) in [4.78, 5) is 22.6. The highest BCUT2D eigenvalue weighted by Crippen LogP contribution is 2.32. The van der Waals surface area contributed by atoms with Crippen LogP contribution in [0.4, 0.5) is 5.69 Å². The van der Waals surface area contributed by atoms with E-state index in [1.54, 1.807) is 36.4 Å². The van der Waals surface area contributed by atoms with E-state index in [1.165, 1.54) is 18.3 Å². The standard InChI is InChI=1S/C21H17N3O6/c1-13-2-4-15(24(26)27)10-17(13)18-7-5-16(30-18)11-22-23-21(25)9-14-3-6-19-20(8-14)29-12-28-19/h2-8,10-11H,9,12H2,1H3,(H,23,25)/b22-11-. The lowest BCUT2D eigenvalue weighted by atomic mass is 10.1. The number of ether oxygens (including phenoxy) is 2. The highest BCUT2D eigenvalue weighted by atomic mass is 16.7. The van der Waals surface area contributed by atoms with Crippen molar-refractivity contribution < 1.29 is 23.6 Å². The van der Waals surface area contributed by atoms with Crippen LogP contribution in [-0.2, 0) is 11.2 Å². The number of nitrogens with zero attached hydrogens (tertiary/aromatic N) is 2. The Kier molecular flexibility index (Phi) is 5.17. The molecule has 0 aliphatic carbocycles. The molecule has 30 heavy (non-hydrogen) atoms. The number of hydrogen-bond donors (Lipinski definition) is 1. The summed E-state index contributed by atoms with van der Waals surface area (Å²) >= 11 is 0. The zero-order valence-electron chi connectivity index (χ0n) is 16.0. The van der Waals surface area contributed by atoms with E-state index in [9.17, 15) is 14.9 Å². The molecule has 1 aromatic heterocycles. The van der Waals surface area contributed by atoms with Crippen LogP contribution in [0.15, 0.2) is 58.0 Å². The summed E-state index contributed by atoms with van der Waals surface area (Å²) in [7, 11) is 0. The van der Waals surface area contributed by atoms with Gasteiger partial charge in [-0.25, -0.2) is 5.43 Å². The number of amides is 1. The Morgan fingerprint density at radius 2 is 2.00 bits per heavy atom. The van der Waals surface area contributed by atoms with Gasteiger partial charge in [0.15, 0.2) is 11.5 Å². The Labute approximate surface area is 171 Å².